The van der Waals surface area contributed by atoms with Crippen LogP contribution in [0.2, 0.25) is 0 Å². The van der Waals surface area contributed by atoms with Crippen LogP contribution in [0.15, 0.2) is 36.4 Å². The zero-order chi connectivity index (χ0) is 18.6. The summed E-state index contributed by atoms with van der Waals surface area (Å²) in [5.74, 6) is 2.50. The first kappa shape index (κ1) is 18.1. The van der Waals surface area contributed by atoms with E-state index in [9.17, 15) is 0 Å². The van der Waals surface area contributed by atoms with E-state index in [2.05, 4.69) is 47.1 Å². The Morgan fingerprint density at radius 2 is 1.63 bits per heavy atom. The van der Waals surface area contributed by atoms with E-state index in [-0.39, 0.29) is 0 Å². The van der Waals surface area contributed by atoms with Gasteiger partial charge in [0.1, 0.15) is 19.0 Å². The van der Waals surface area contributed by atoms with Crippen LogP contribution in [-0.2, 0) is 6.54 Å². The average molecular weight is 368 g/mol. The van der Waals surface area contributed by atoms with Gasteiger partial charge in [0.2, 0.25) is 0 Å². The van der Waals surface area contributed by atoms with E-state index in [1.165, 1.54) is 5.56 Å². The van der Waals surface area contributed by atoms with Gasteiger partial charge >= 0.3 is 0 Å². The first-order valence-corrected chi connectivity index (χ1v) is 9.78. The molecule has 2 aliphatic rings. The van der Waals surface area contributed by atoms with Crippen LogP contribution in [0, 0.1) is 0 Å². The number of benzene rings is 2. The molecule has 0 N–H and O–H groups in total. The van der Waals surface area contributed by atoms with Crippen LogP contribution in [-0.4, -0.2) is 62.8 Å². The SMILES string of the molecule is CCN1CCN(Cc2ccc(OC)c(-c3ccc4c(c3)OCCO4)c2)CC1. The van der Waals surface area contributed by atoms with Gasteiger partial charge in [0.05, 0.1) is 7.11 Å². The second-order valence-corrected chi connectivity index (χ2v) is 7.10. The molecule has 0 atom stereocenters. The largest absolute Gasteiger partial charge is 0.496 e. The molecule has 0 unspecified atom stereocenters. The number of hydrogen-bond acceptors (Lipinski definition) is 5. The molecule has 2 aromatic rings. The van der Waals surface area contributed by atoms with E-state index in [4.69, 9.17) is 14.2 Å². The van der Waals surface area contributed by atoms with E-state index in [0.29, 0.717) is 13.2 Å². The van der Waals surface area contributed by atoms with Gasteiger partial charge in [0.15, 0.2) is 11.5 Å². The van der Waals surface area contributed by atoms with Gasteiger partial charge < -0.3 is 19.1 Å². The fourth-order valence-electron chi connectivity index (χ4n) is 3.81. The van der Waals surface area contributed by atoms with Gasteiger partial charge in [-0.15, -0.1) is 0 Å². The molecular weight excluding hydrogens is 340 g/mol. The number of ether oxygens (including phenoxy) is 3. The first-order chi connectivity index (χ1) is 13.3. The second-order valence-electron chi connectivity index (χ2n) is 7.10. The fourth-order valence-corrected chi connectivity index (χ4v) is 3.81. The van der Waals surface area contributed by atoms with Gasteiger partial charge in [-0.1, -0.05) is 19.1 Å². The van der Waals surface area contributed by atoms with Crippen molar-refractivity contribution in [2.45, 2.75) is 13.5 Å². The van der Waals surface area contributed by atoms with Crippen LogP contribution in [0.5, 0.6) is 17.2 Å². The molecule has 0 spiro atoms. The Kier molecular flexibility index (Phi) is 5.50. The van der Waals surface area contributed by atoms with Crippen molar-refractivity contribution in [3.63, 3.8) is 0 Å². The Hall–Kier alpha value is -2.24. The van der Waals surface area contributed by atoms with Crippen molar-refractivity contribution in [3.05, 3.63) is 42.0 Å². The summed E-state index contributed by atoms with van der Waals surface area (Å²) in [5.41, 5.74) is 3.50. The van der Waals surface area contributed by atoms with Crippen molar-refractivity contribution in [1.82, 2.24) is 9.80 Å². The first-order valence-electron chi connectivity index (χ1n) is 9.78. The minimum Gasteiger partial charge on any atom is -0.496 e. The molecule has 27 heavy (non-hydrogen) atoms. The van der Waals surface area contributed by atoms with E-state index >= 15 is 0 Å². The summed E-state index contributed by atoms with van der Waals surface area (Å²) >= 11 is 0. The van der Waals surface area contributed by atoms with Crippen LogP contribution in [0.1, 0.15) is 12.5 Å². The Morgan fingerprint density at radius 3 is 2.37 bits per heavy atom. The molecule has 2 aliphatic heterocycles. The molecule has 2 heterocycles. The topological polar surface area (TPSA) is 34.2 Å². The maximum atomic E-state index is 5.75. The Morgan fingerprint density at radius 1 is 0.889 bits per heavy atom. The highest BCUT2D eigenvalue weighted by atomic mass is 16.6. The normalized spacial score (nSPS) is 17.7. The van der Waals surface area contributed by atoms with E-state index < -0.39 is 0 Å². The lowest BCUT2D eigenvalue weighted by molar-refractivity contribution is 0.132. The number of piperazine rings is 1. The van der Waals surface area contributed by atoms with E-state index in [0.717, 1.165) is 67.6 Å². The molecule has 0 amide bonds. The molecule has 144 valence electrons. The van der Waals surface area contributed by atoms with Crippen LogP contribution in [0.25, 0.3) is 11.1 Å². The van der Waals surface area contributed by atoms with E-state index in [1.807, 2.05) is 6.07 Å². The summed E-state index contributed by atoms with van der Waals surface area (Å²) in [5, 5.41) is 0. The number of rotatable bonds is 5. The predicted octanol–water partition coefficient (Wildman–Crippen LogP) is 3.27. The molecule has 0 aliphatic carbocycles. The quantitative estimate of drug-likeness (QED) is 0.809. The van der Waals surface area contributed by atoms with Crippen LogP contribution in [0.4, 0.5) is 0 Å². The average Bonchev–Trinajstić information content (AvgIpc) is 2.74. The maximum Gasteiger partial charge on any atom is 0.161 e. The van der Waals surface area contributed by atoms with Gasteiger partial charge in [-0.2, -0.15) is 0 Å². The number of nitrogens with zero attached hydrogens (tertiary/aromatic N) is 2. The summed E-state index contributed by atoms with van der Waals surface area (Å²) in [7, 11) is 1.72. The van der Waals surface area contributed by atoms with Gasteiger partial charge in [0, 0.05) is 38.3 Å². The van der Waals surface area contributed by atoms with Crippen LogP contribution in [0.3, 0.4) is 0 Å². The van der Waals surface area contributed by atoms with Gasteiger partial charge in [-0.25, -0.2) is 0 Å². The molecule has 1 saturated heterocycles. The summed E-state index contributed by atoms with van der Waals surface area (Å²) in [4.78, 5) is 5.03. The number of hydrogen-bond donors (Lipinski definition) is 0. The Balaban J connectivity index is 1.56. The van der Waals surface area contributed by atoms with Crippen LogP contribution < -0.4 is 14.2 Å². The number of methoxy groups -OCH3 is 1. The summed E-state index contributed by atoms with van der Waals surface area (Å²) < 4.78 is 17.0. The smallest absolute Gasteiger partial charge is 0.161 e. The fraction of sp³-hybridized carbons (Fsp3) is 0.455. The highest BCUT2D eigenvalue weighted by Crippen LogP contribution is 2.38. The third-order valence-corrected chi connectivity index (χ3v) is 5.44. The lowest BCUT2D eigenvalue weighted by Crippen LogP contribution is -2.45. The van der Waals surface area contributed by atoms with Crippen molar-refractivity contribution in [2.24, 2.45) is 0 Å². The standard InChI is InChI=1S/C22H28N2O3/c1-3-23-8-10-24(11-9-23)16-17-4-6-20(25-2)19(14-17)18-5-7-21-22(15-18)27-13-12-26-21/h4-7,14-15H,3,8-13,16H2,1-2H3. The van der Waals surface area contributed by atoms with Crippen molar-refractivity contribution in [3.8, 4) is 28.4 Å². The minimum absolute atomic E-state index is 0.595. The monoisotopic (exact) mass is 368 g/mol. The number of likely N-dealkylation sites (N-methyl/N-ethyl adjacent to an activating group) is 1. The Labute approximate surface area is 161 Å². The molecule has 5 heteroatoms. The molecule has 5 nitrogen and oxygen atoms in total. The van der Waals surface area contributed by atoms with Crippen molar-refractivity contribution >= 4 is 0 Å². The molecule has 0 aromatic heterocycles. The van der Waals surface area contributed by atoms with Gasteiger partial charge in [-0.05, 0) is 41.9 Å². The van der Waals surface area contributed by atoms with Crippen molar-refractivity contribution < 1.29 is 14.2 Å². The number of fused-ring (bicyclic) bond motifs is 1. The summed E-state index contributed by atoms with van der Waals surface area (Å²) in [6.45, 7) is 10.1. The van der Waals surface area contributed by atoms with E-state index in [1.54, 1.807) is 7.11 Å². The van der Waals surface area contributed by atoms with Gasteiger partial charge in [0.25, 0.3) is 0 Å². The van der Waals surface area contributed by atoms with Crippen molar-refractivity contribution in [2.75, 3.05) is 53.0 Å². The Bertz CT molecular complexity index is 785. The summed E-state index contributed by atoms with van der Waals surface area (Å²) in [6, 6.07) is 12.6. The highest BCUT2D eigenvalue weighted by Gasteiger charge is 2.18. The lowest BCUT2D eigenvalue weighted by atomic mass is 10.0. The molecule has 2 aromatic carbocycles. The minimum atomic E-state index is 0.595. The predicted molar refractivity (Wildman–Crippen MR) is 107 cm³/mol. The molecule has 4 rings (SSSR count). The lowest BCUT2D eigenvalue weighted by Gasteiger charge is -2.34. The van der Waals surface area contributed by atoms with Crippen LogP contribution >= 0.6 is 0 Å². The third-order valence-electron chi connectivity index (χ3n) is 5.44. The molecular formula is C22H28N2O3. The summed E-state index contributed by atoms with van der Waals surface area (Å²) in [6.07, 6.45) is 0. The maximum absolute atomic E-state index is 5.75. The molecule has 0 bridgehead atoms. The second kappa shape index (κ2) is 8.19. The zero-order valence-electron chi connectivity index (χ0n) is 16.2. The zero-order valence-corrected chi connectivity index (χ0v) is 16.2. The molecule has 1 fully saturated rings. The van der Waals surface area contributed by atoms with Crippen molar-refractivity contribution in [1.29, 1.82) is 0 Å². The highest BCUT2D eigenvalue weighted by molar-refractivity contribution is 5.73. The third kappa shape index (κ3) is 4.04. The van der Waals surface area contributed by atoms with Gasteiger partial charge in [-0.3, -0.25) is 4.90 Å². The molecule has 0 radical (unpaired) electrons. The molecule has 0 saturated carbocycles.